The summed E-state index contributed by atoms with van der Waals surface area (Å²) in [6, 6.07) is 7.11. The largest absolute Gasteiger partial charge is 0.482 e. The fraction of sp³-hybridized carbons (Fsp3) is 0.417. The van der Waals surface area contributed by atoms with Crippen molar-refractivity contribution in [2.75, 3.05) is 23.6 Å². The zero-order valence-corrected chi connectivity index (χ0v) is 12.1. The Morgan fingerprint density at radius 1 is 1.41 bits per heavy atom. The first-order valence-corrected chi connectivity index (χ1v) is 7.70. The first kappa shape index (κ1) is 14.4. The summed E-state index contributed by atoms with van der Waals surface area (Å²) in [5.41, 5.74) is 1.11. The number of rotatable bonds is 7. The summed E-state index contributed by atoms with van der Waals surface area (Å²) < 4.78 is 5.24. The molecule has 0 aliphatic carbocycles. The van der Waals surface area contributed by atoms with Gasteiger partial charge < -0.3 is 10.1 Å². The van der Waals surface area contributed by atoms with Crippen LogP contribution in [-0.4, -0.2) is 29.5 Å². The predicted molar refractivity (Wildman–Crippen MR) is 76.2 cm³/mol. The highest BCUT2D eigenvalue weighted by atomic mass is 79.9. The van der Waals surface area contributed by atoms with Gasteiger partial charge >= 0.3 is 0 Å². The minimum Gasteiger partial charge on any atom is -0.482 e. The van der Waals surface area contributed by atoms with E-state index in [9.17, 15) is 4.79 Å². The van der Waals surface area contributed by atoms with Crippen LogP contribution in [0.25, 0.3) is 0 Å². The van der Waals surface area contributed by atoms with Crippen LogP contribution in [0.1, 0.15) is 17.3 Å². The molecule has 0 saturated carbocycles. The van der Waals surface area contributed by atoms with E-state index in [-0.39, 0.29) is 5.91 Å². The molecular weight excluding hydrogens is 302 g/mol. The number of ether oxygens (including phenoxy) is 1. The van der Waals surface area contributed by atoms with Gasteiger partial charge in [0, 0.05) is 17.9 Å². The Morgan fingerprint density at radius 3 is 2.71 bits per heavy atom. The van der Waals surface area contributed by atoms with E-state index in [0.29, 0.717) is 17.6 Å². The molecule has 0 atom stereocenters. The lowest BCUT2D eigenvalue weighted by Crippen LogP contribution is -2.25. The summed E-state index contributed by atoms with van der Waals surface area (Å²) in [7, 11) is 0. The van der Waals surface area contributed by atoms with E-state index in [1.54, 1.807) is 24.3 Å². The number of nitrogens with one attached hydrogen (secondary N) is 1. The molecule has 0 unspecified atom stereocenters. The molecule has 1 aromatic rings. The van der Waals surface area contributed by atoms with Gasteiger partial charge in [-0.05, 0) is 45.9 Å². The highest BCUT2D eigenvalue weighted by Gasteiger charge is 2.04. The van der Waals surface area contributed by atoms with Crippen LogP contribution in [0.3, 0.4) is 0 Å². The molecule has 5 heteroatoms. The van der Waals surface area contributed by atoms with Crippen LogP contribution >= 0.6 is 27.7 Å². The van der Waals surface area contributed by atoms with Gasteiger partial charge in [-0.2, -0.15) is 11.8 Å². The number of hydrogen-bond donors (Lipinski definition) is 1. The molecule has 0 aliphatic rings. The Bertz CT molecular complexity index is 343. The Labute approximate surface area is 114 Å². The minimum atomic E-state index is -0.0351. The van der Waals surface area contributed by atoms with E-state index in [4.69, 9.17) is 4.74 Å². The molecule has 0 saturated heterocycles. The third-order valence-electron chi connectivity index (χ3n) is 2.07. The maximum atomic E-state index is 11.7. The van der Waals surface area contributed by atoms with Crippen molar-refractivity contribution in [1.82, 2.24) is 5.32 Å². The van der Waals surface area contributed by atoms with Crippen molar-refractivity contribution in [3.05, 3.63) is 29.8 Å². The van der Waals surface area contributed by atoms with Crippen molar-refractivity contribution < 1.29 is 9.53 Å². The Morgan fingerprint density at radius 2 is 2.12 bits per heavy atom. The van der Waals surface area contributed by atoms with Crippen LogP contribution in [0.2, 0.25) is 0 Å². The van der Waals surface area contributed by atoms with Gasteiger partial charge in [0.15, 0.2) is 0 Å². The third kappa shape index (κ3) is 5.46. The predicted octanol–water partition coefficient (Wildman–Crippen LogP) is 2.90. The highest BCUT2D eigenvalue weighted by molar-refractivity contribution is 9.09. The molecule has 0 fully saturated rings. The van der Waals surface area contributed by atoms with Crippen LogP contribution in [0.5, 0.6) is 5.75 Å². The van der Waals surface area contributed by atoms with Gasteiger partial charge in [0.1, 0.15) is 11.3 Å². The topological polar surface area (TPSA) is 38.3 Å². The smallest absolute Gasteiger partial charge is 0.251 e. The van der Waals surface area contributed by atoms with Gasteiger partial charge in [-0.3, -0.25) is 4.79 Å². The molecule has 17 heavy (non-hydrogen) atoms. The molecule has 1 rings (SSSR count). The number of alkyl halides is 1. The molecule has 0 heterocycles. The van der Waals surface area contributed by atoms with Crippen molar-refractivity contribution in [2.24, 2.45) is 0 Å². The van der Waals surface area contributed by atoms with E-state index in [1.165, 1.54) is 0 Å². The molecule has 0 aromatic heterocycles. The van der Waals surface area contributed by atoms with E-state index in [1.807, 2.05) is 11.8 Å². The average Bonchev–Trinajstić information content (AvgIpc) is 2.36. The van der Waals surface area contributed by atoms with Crippen LogP contribution in [0, 0.1) is 0 Å². The molecule has 0 radical (unpaired) electrons. The SMILES string of the molecule is CCSCCNC(=O)c1ccc(OCBr)cc1. The first-order chi connectivity index (χ1) is 8.27. The number of hydrogen-bond acceptors (Lipinski definition) is 3. The summed E-state index contributed by atoms with van der Waals surface area (Å²) in [5, 5.41) is 2.88. The Kier molecular flexibility index (Phi) is 7.12. The van der Waals surface area contributed by atoms with Gasteiger partial charge in [-0.15, -0.1) is 0 Å². The van der Waals surface area contributed by atoms with Crippen molar-refractivity contribution in [1.29, 1.82) is 0 Å². The van der Waals surface area contributed by atoms with E-state index >= 15 is 0 Å². The summed E-state index contributed by atoms with van der Waals surface area (Å²) in [5.74, 6) is 2.74. The quantitative estimate of drug-likeness (QED) is 0.620. The minimum absolute atomic E-state index is 0.0351. The molecule has 3 nitrogen and oxygen atoms in total. The standard InChI is InChI=1S/C12H16BrNO2S/c1-2-17-8-7-14-12(15)10-3-5-11(6-4-10)16-9-13/h3-6H,2,7-9H2,1H3,(H,14,15). The number of amides is 1. The number of carbonyl (C=O) groups is 1. The lowest BCUT2D eigenvalue weighted by molar-refractivity contribution is 0.0956. The van der Waals surface area contributed by atoms with E-state index in [0.717, 1.165) is 17.3 Å². The van der Waals surface area contributed by atoms with Crippen LogP contribution in [0.4, 0.5) is 0 Å². The molecule has 1 aromatic carbocycles. The summed E-state index contributed by atoms with van der Waals surface area (Å²) in [6.45, 7) is 2.81. The molecular formula is C12H16BrNO2S. The summed E-state index contributed by atoms with van der Waals surface area (Å²) in [6.07, 6.45) is 0. The van der Waals surface area contributed by atoms with Crippen LogP contribution < -0.4 is 10.1 Å². The summed E-state index contributed by atoms with van der Waals surface area (Å²) >= 11 is 4.99. The fourth-order valence-corrected chi connectivity index (χ4v) is 2.05. The van der Waals surface area contributed by atoms with Crippen LogP contribution in [-0.2, 0) is 0 Å². The lowest BCUT2D eigenvalue weighted by atomic mass is 10.2. The molecule has 1 amide bonds. The van der Waals surface area contributed by atoms with Gasteiger partial charge in [-0.1, -0.05) is 6.92 Å². The van der Waals surface area contributed by atoms with Crippen molar-refractivity contribution >= 4 is 33.6 Å². The highest BCUT2D eigenvalue weighted by Crippen LogP contribution is 2.12. The number of benzene rings is 1. The van der Waals surface area contributed by atoms with Crippen molar-refractivity contribution in [2.45, 2.75) is 6.92 Å². The maximum absolute atomic E-state index is 11.7. The Hall–Kier alpha value is -0.680. The van der Waals surface area contributed by atoms with Gasteiger partial charge in [-0.25, -0.2) is 0 Å². The zero-order chi connectivity index (χ0) is 12.5. The number of halogens is 1. The van der Waals surface area contributed by atoms with Crippen LogP contribution in [0.15, 0.2) is 24.3 Å². The van der Waals surface area contributed by atoms with Crippen molar-refractivity contribution in [3.8, 4) is 5.75 Å². The van der Waals surface area contributed by atoms with Gasteiger partial charge in [0.25, 0.3) is 5.91 Å². The monoisotopic (exact) mass is 317 g/mol. The lowest BCUT2D eigenvalue weighted by Gasteiger charge is -2.06. The maximum Gasteiger partial charge on any atom is 0.251 e. The Balaban J connectivity index is 2.40. The van der Waals surface area contributed by atoms with Gasteiger partial charge in [0.2, 0.25) is 0 Å². The van der Waals surface area contributed by atoms with E-state index < -0.39 is 0 Å². The second-order valence-corrected chi connectivity index (χ2v) is 5.08. The first-order valence-electron chi connectivity index (χ1n) is 5.42. The second kappa shape index (κ2) is 8.42. The number of carbonyl (C=O) groups excluding carboxylic acids is 1. The normalized spacial score (nSPS) is 10.0. The third-order valence-corrected chi connectivity index (χ3v) is 3.20. The van der Waals surface area contributed by atoms with E-state index in [2.05, 4.69) is 28.2 Å². The molecule has 0 aliphatic heterocycles. The molecule has 0 spiro atoms. The molecule has 0 bridgehead atoms. The average molecular weight is 318 g/mol. The number of thioether (sulfide) groups is 1. The molecule has 1 N–H and O–H groups in total. The molecule has 94 valence electrons. The fourth-order valence-electron chi connectivity index (χ4n) is 1.25. The summed E-state index contributed by atoms with van der Waals surface area (Å²) in [4.78, 5) is 11.7. The second-order valence-electron chi connectivity index (χ2n) is 3.23. The van der Waals surface area contributed by atoms with Crippen molar-refractivity contribution in [3.63, 3.8) is 0 Å². The zero-order valence-electron chi connectivity index (χ0n) is 9.74. The van der Waals surface area contributed by atoms with Gasteiger partial charge in [0.05, 0.1) is 0 Å².